The lowest BCUT2D eigenvalue weighted by Gasteiger charge is -2.06. The average Bonchev–Trinajstić information content (AvgIpc) is 2.45. The molecule has 3 rings (SSSR count). The van der Waals surface area contributed by atoms with Gasteiger partial charge in [-0.2, -0.15) is 0 Å². The predicted octanol–water partition coefficient (Wildman–Crippen LogP) is 1.58. The van der Waals surface area contributed by atoms with Gasteiger partial charge in [0.2, 0.25) is 0 Å². The maximum atomic E-state index is 12.4. The van der Waals surface area contributed by atoms with Crippen molar-refractivity contribution in [3.63, 3.8) is 0 Å². The fraction of sp³-hybridized carbons (Fsp3) is 0.0769. The highest BCUT2D eigenvalue weighted by Crippen LogP contribution is 2.14. The monoisotopic (exact) mass is 331 g/mol. The van der Waals surface area contributed by atoms with Gasteiger partial charge in [-0.3, -0.25) is 14.3 Å². The van der Waals surface area contributed by atoms with Crippen molar-refractivity contribution in [2.24, 2.45) is 0 Å². The Morgan fingerprint density at radius 1 is 1.20 bits per heavy atom. The van der Waals surface area contributed by atoms with Gasteiger partial charge in [0.1, 0.15) is 5.82 Å². The molecule has 0 bridgehead atoms. The molecule has 100 valence electrons. The Kier molecular flexibility index (Phi) is 3.19. The molecule has 0 aliphatic heterocycles. The summed E-state index contributed by atoms with van der Waals surface area (Å²) in [4.78, 5) is 24.7. The lowest BCUT2D eigenvalue weighted by Crippen LogP contribution is -2.21. The van der Waals surface area contributed by atoms with E-state index in [2.05, 4.69) is 30.9 Å². The largest absolute Gasteiger partial charge is 0.382 e. The van der Waals surface area contributed by atoms with Gasteiger partial charge in [0.15, 0.2) is 0 Å². The maximum Gasteiger partial charge on any atom is 0.261 e. The number of hydrogen-bond donors (Lipinski definition) is 1. The number of nitrogens with two attached hydrogens (primary N) is 1. The van der Waals surface area contributed by atoms with E-state index in [0.717, 1.165) is 4.47 Å². The number of rotatable bonds is 2. The van der Waals surface area contributed by atoms with E-state index in [4.69, 9.17) is 5.73 Å². The summed E-state index contributed by atoms with van der Waals surface area (Å²) in [5, 5.41) is 0.560. The molecule has 20 heavy (non-hydrogen) atoms. The van der Waals surface area contributed by atoms with Crippen molar-refractivity contribution in [2.45, 2.75) is 6.54 Å². The molecule has 7 heteroatoms. The van der Waals surface area contributed by atoms with Crippen LogP contribution in [0, 0.1) is 0 Å². The second-order valence-electron chi connectivity index (χ2n) is 4.27. The smallest absolute Gasteiger partial charge is 0.261 e. The zero-order chi connectivity index (χ0) is 14.1. The van der Waals surface area contributed by atoms with Crippen molar-refractivity contribution in [3.05, 3.63) is 57.4 Å². The van der Waals surface area contributed by atoms with Crippen molar-refractivity contribution < 1.29 is 0 Å². The first kappa shape index (κ1) is 12.7. The van der Waals surface area contributed by atoms with Crippen LogP contribution >= 0.6 is 15.9 Å². The lowest BCUT2D eigenvalue weighted by molar-refractivity contribution is 0.726. The van der Waals surface area contributed by atoms with E-state index in [1.54, 1.807) is 18.3 Å². The summed E-state index contributed by atoms with van der Waals surface area (Å²) < 4.78 is 2.34. The van der Waals surface area contributed by atoms with Crippen LogP contribution in [0.3, 0.4) is 0 Å². The standard InChI is InChI=1S/C13H10BrN5O/c14-8-1-2-11-10(3-8)13(20)19(7-18-11)6-9-4-17-12(15)5-16-9/h1-5,7H,6H2,(H2,15,17). The Bertz CT molecular complexity index is 828. The summed E-state index contributed by atoms with van der Waals surface area (Å²) in [6, 6.07) is 5.41. The van der Waals surface area contributed by atoms with Gasteiger partial charge in [-0.25, -0.2) is 9.97 Å². The number of anilines is 1. The maximum absolute atomic E-state index is 12.4. The summed E-state index contributed by atoms with van der Waals surface area (Å²) >= 11 is 3.35. The minimum atomic E-state index is -0.116. The molecule has 0 aliphatic carbocycles. The molecule has 0 aliphatic rings. The highest BCUT2D eigenvalue weighted by Gasteiger charge is 2.06. The van der Waals surface area contributed by atoms with Crippen LogP contribution in [0.4, 0.5) is 5.82 Å². The van der Waals surface area contributed by atoms with E-state index >= 15 is 0 Å². The molecular formula is C13H10BrN5O. The fourth-order valence-corrected chi connectivity index (χ4v) is 2.23. The highest BCUT2D eigenvalue weighted by molar-refractivity contribution is 9.10. The van der Waals surface area contributed by atoms with Gasteiger partial charge in [0.25, 0.3) is 5.56 Å². The molecule has 0 atom stereocenters. The summed E-state index contributed by atoms with van der Waals surface area (Å²) in [7, 11) is 0. The zero-order valence-corrected chi connectivity index (χ0v) is 11.9. The van der Waals surface area contributed by atoms with E-state index in [1.165, 1.54) is 17.1 Å². The number of fused-ring (bicyclic) bond motifs is 1. The number of nitrogen functional groups attached to an aromatic ring is 1. The Balaban J connectivity index is 2.06. The summed E-state index contributed by atoms with van der Waals surface area (Å²) in [6.45, 7) is 0.307. The van der Waals surface area contributed by atoms with Crippen LogP contribution < -0.4 is 11.3 Å². The zero-order valence-electron chi connectivity index (χ0n) is 10.3. The number of benzene rings is 1. The van der Waals surface area contributed by atoms with Gasteiger partial charge in [-0.15, -0.1) is 0 Å². The molecule has 0 saturated carbocycles. The Morgan fingerprint density at radius 3 is 2.80 bits per heavy atom. The number of halogens is 1. The Morgan fingerprint density at radius 2 is 2.05 bits per heavy atom. The molecule has 0 saturated heterocycles. The topological polar surface area (TPSA) is 86.7 Å². The first-order chi connectivity index (χ1) is 9.63. The molecule has 2 aromatic heterocycles. The second-order valence-corrected chi connectivity index (χ2v) is 5.19. The fourth-order valence-electron chi connectivity index (χ4n) is 1.86. The van der Waals surface area contributed by atoms with Gasteiger partial charge in [0.05, 0.1) is 41.9 Å². The normalized spacial score (nSPS) is 10.8. The number of hydrogen-bond acceptors (Lipinski definition) is 5. The number of aromatic nitrogens is 4. The van der Waals surface area contributed by atoms with E-state index in [1.807, 2.05) is 6.07 Å². The lowest BCUT2D eigenvalue weighted by atomic mass is 10.2. The van der Waals surface area contributed by atoms with E-state index in [9.17, 15) is 4.79 Å². The van der Waals surface area contributed by atoms with Crippen LogP contribution in [-0.4, -0.2) is 19.5 Å². The molecule has 0 amide bonds. The Hall–Kier alpha value is -2.28. The van der Waals surface area contributed by atoms with E-state index in [0.29, 0.717) is 29.0 Å². The van der Waals surface area contributed by atoms with Gasteiger partial charge in [-0.05, 0) is 18.2 Å². The summed E-state index contributed by atoms with van der Waals surface area (Å²) in [5.74, 6) is 0.349. The molecule has 0 radical (unpaired) electrons. The van der Waals surface area contributed by atoms with Crippen molar-refractivity contribution in [3.8, 4) is 0 Å². The molecule has 3 aromatic rings. The van der Waals surface area contributed by atoms with Crippen molar-refractivity contribution in [1.29, 1.82) is 0 Å². The van der Waals surface area contributed by atoms with Crippen LogP contribution in [0.25, 0.3) is 10.9 Å². The molecular weight excluding hydrogens is 322 g/mol. The van der Waals surface area contributed by atoms with Gasteiger partial charge >= 0.3 is 0 Å². The molecule has 2 heterocycles. The molecule has 1 aromatic carbocycles. The van der Waals surface area contributed by atoms with Gasteiger partial charge in [0, 0.05) is 4.47 Å². The molecule has 0 unspecified atom stereocenters. The SMILES string of the molecule is Nc1cnc(Cn2cnc3ccc(Br)cc3c2=O)cn1. The molecule has 6 nitrogen and oxygen atoms in total. The summed E-state index contributed by atoms with van der Waals surface area (Å²) in [6.07, 6.45) is 4.52. The third-order valence-electron chi connectivity index (χ3n) is 2.84. The first-order valence-electron chi connectivity index (χ1n) is 5.84. The Labute approximate surface area is 122 Å². The molecule has 0 spiro atoms. The van der Waals surface area contributed by atoms with Crippen LogP contribution in [0.1, 0.15) is 5.69 Å². The second kappa shape index (κ2) is 5.01. The van der Waals surface area contributed by atoms with Crippen molar-refractivity contribution in [1.82, 2.24) is 19.5 Å². The van der Waals surface area contributed by atoms with Crippen LogP contribution in [0.5, 0.6) is 0 Å². The molecule has 2 N–H and O–H groups in total. The first-order valence-corrected chi connectivity index (χ1v) is 6.64. The predicted molar refractivity (Wildman–Crippen MR) is 79.2 cm³/mol. The minimum Gasteiger partial charge on any atom is -0.382 e. The van der Waals surface area contributed by atoms with Gasteiger partial charge in [-0.1, -0.05) is 15.9 Å². The van der Waals surface area contributed by atoms with Crippen molar-refractivity contribution in [2.75, 3.05) is 5.73 Å². The van der Waals surface area contributed by atoms with Crippen LogP contribution in [-0.2, 0) is 6.54 Å². The number of nitrogens with zero attached hydrogens (tertiary/aromatic N) is 4. The van der Waals surface area contributed by atoms with E-state index in [-0.39, 0.29) is 5.56 Å². The van der Waals surface area contributed by atoms with Gasteiger partial charge < -0.3 is 5.73 Å². The third kappa shape index (κ3) is 2.39. The summed E-state index contributed by atoms with van der Waals surface area (Å²) in [5.41, 5.74) is 6.68. The quantitative estimate of drug-likeness (QED) is 0.770. The van der Waals surface area contributed by atoms with Crippen LogP contribution in [0.15, 0.2) is 46.2 Å². The molecule has 0 fully saturated rings. The third-order valence-corrected chi connectivity index (χ3v) is 3.34. The van der Waals surface area contributed by atoms with Crippen molar-refractivity contribution >= 4 is 32.7 Å². The van der Waals surface area contributed by atoms with Crippen LogP contribution in [0.2, 0.25) is 0 Å². The highest BCUT2D eigenvalue weighted by atomic mass is 79.9. The average molecular weight is 332 g/mol. The minimum absolute atomic E-state index is 0.116. The van der Waals surface area contributed by atoms with E-state index < -0.39 is 0 Å².